The van der Waals surface area contributed by atoms with Gasteiger partial charge in [-0.2, -0.15) is 0 Å². The van der Waals surface area contributed by atoms with Crippen molar-refractivity contribution in [1.82, 2.24) is 0 Å². The van der Waals surface area contributed by atoms with Crippen LogP contribution in [0.5, 0.6) is 0 Å². The molecule has 18 heavy (non-hydrogen) atoms. The first-order valence-corrected chi connectivity index (χ1v) is 7.60. The molecule has 1 saturated carbocycles. The maximum Gasteiger partial charge on any atom is 0.321 e. The van der Waals surface area contributed by atoms with Gasteiger partial charge < -0.3 is 5.11 Å². The number of carbonyl (C=O) groups is 1. The Labute approximate surface area is 107 Å². The van der Waals surface area contributed by atoms with E-state index in [0.29, 0.717) is 6.42 Å². The Morgan fingerprint density at radius 1 is 1.39 bits per heavy atom. The number of benzene rings is 1. The van der Waals surface area contributed by atoms with Crippen LogP contribution in [0.2, 0.25) is 0 Å². The molecule has 0 heterocycles. The molecule has 98 valence electrons. The van der Waals surface area contributed by atoms with E-state index in [1.165, 1.54) is 0 Å². The summed E-state index contributed by atoms with van der Waals surface area (Å²) < 4.78 is 24.3. The van der Waals surface area contributed by atoms with Crippen molar-refractivity contribution in [1.29, 1.82) is 0 Å². The molecule has 0 saturated heterocycles. The number of hydrogen-bond donors (Lipinski definition) is 1. The molecule has 5 heteroatoms. The van der Waals surface area contributed by atoms with Crippen LogP contribution in [0.3, 0.4) is 0 Å². The first-order chi connectivity index (χ1) is 8.48. The third-order valence-electron chi connectivity index (χ3n) is 3.42. The SMILES string of the molecule is CCC(C(=O)O)S(=O)(=O)C1CC1c1ccccc1. The van der Waals surface area contributed by atoms with E-state index in [1.54, 1.807) is 6.92 Å². The summed E-state index contributed by atoms with van der Waals surface area (Å²) in [5.74, 6) is -1.28. The fourth-order valence-electron chi connectivity index (χ4n) is 2.34. The lowest BCUT2D eigenvalue weighted by atomic mass is 10.1. The second kappa shape index (κ2) is 4.72. The Bertz CT molecular complexity index is 535. The minimum Gasteiger partial charge on any atom is -0.480 e. The van der Waals surface area contributed by atoms with Crippen LogP contribution in [0.25, 0.3) is 0 Å². The number of carboxylic acids is 1. The molecule has 4 nitrogen and oxygen atoms in total. The maximum atomic E-state index is 12.2. The molecule has 1 aliphatic carbocycles. The maximum absolute atomic E-state index is 12.2. The van der Waals surface area contributed by atoms with Crippen molar-refractivity contribution in [3.63, 3.8) is 0 Å². The minimum absolute atomic E-state index is 0.0374. The molecule has 0 spiro atoms. The van der Waals surface area contributed by atoms with Gasteiger partial charge in [-0.25, -0.2) is 8.42 Å². The first-order valence-electron chi connectivity index (χ1n) is 5.99. The predicted octanol–water partition coefficient (Wildman–Crippen LogP) is 1.82. The highest BCUT2D eigenvalue weighted by molar-refractivity contribution is 7.93. The van der Waals surface area contributed by atoms with Crippen LogP contribution in [-0.4, -0.2) is 30.0 Å². The lowest BCUT2D eigenvalue weighted by Crippen LogP contribution is -2.32. The second-order valence-corrected chi connectivity index (χ2v) is 6.97. The van der Waals surface area contributed by atoms with Crippen LogP contribution in [0.4, 0.5) is 0 Å². The number of carboxylic acid groups (broad SMARTS) is 1. The first kappa shape index (κ1) is 13.1. The molecule has 1 aromatic rings. The average molecular weight is 268 g/mol. The van der Waals surface area contributed by atoms with E-state index in [2.05, 4.69) is 0 Å². The molecule has 0 bridgehead atoms. The van der Waals surface area contributed by atoms with Crippen molar-refractivity contribution in [2.75, 3.05) is 0 Å². The Balaban J connectivity index is 2.18. The molecule has 1 aliphatic rings. The Morgan fingerprint density at radius 2 is 2.00 bits per heavy atom. The lowest BCUT2D eigenvalue weighted by molar-refractivity contribution is -0.136. The summed E-state index contributed by atoms with van der Waals surface area (Å²) in [5.41, 5.74) is 0.978. The predicted molar refractivity (Wildman–Crippen MR) is 68.2 cm³/mol. The van der Waals surface area contributed by atoms with E-state index < -0.39 is 26.3 Å². The highest BCUT2D eigenvalue weighted by Crippen LogP contribution is 2.47. The largest absolute Gasteiger partial charge is 0.480 e. The zero-order valence-electron chi connectivity index (χ0n) is 10.1. The third kappa shape index (κ3) is 2.27. The highest BCUT2D eigenvalue weighted by atomic mass is 32.2. The Hall–Kier alpha value is -1.36. The van der Waals surface area contributed by atoms with Crippen molar-refractivity contribution in [2.45, 2.75) is 36.2 Å². The van der Waals surface area contributed by atoms with Crippen LogP contribution in [0.15, 0.2) is 30.3 Å². The number of aliphatic carboxylic acids is 1. The van der Waals surface area contributed by atoms with Crippen LogP contribution < -0.4 is 0 Å². The fourth-order valence-corrected chi connectivity index (χ4v) is 4.60. The normalized spacial score (nSPS) is 24.5. The van der Waals surface area contributed by atoms with E-state index in [0.717, 1.165) is 5.56 Å². The summed E-state index contributed by atoms with van der Waals surface area (Å²) in [6.45, 7) is 1.59. The van der Waals surface area contributed by atoms with Crippen molar-refractivity contribution in [2.24, 2.45) is 0 Å². The van der Waals surface area contributed by atoms with E-state index in [9.17, 15) is 13.2 Å². The topological polar surface area (TPSA) is 71.4 Å². The summed E-state index contributed by atoms with van der Waals surface area (Å²) in [6, 6.07) is 9.39. The van der Waals surface area contributed by atoms with Crippen molar-refractivity contribution in [3.8, 4) is 0 Å². The Kier molecular flexibility index (Phi) is 3.43. The van der Waals surface area contributed by atoms with Gasteiger partial charge in [0, 0.05) is 5.92 Å². The van der Waals surface area contributed by atoms with Gasteiger partial charge in [-0.15, -0.1) is 0 Å². The van der Waals surface area contributed by atoms with Gasteiger partial charge in [0.05, 0.1) is 5.25 Å². The molecule has 0 amide bonds. The van der Waals surface area contributed by atoms with Crippen LogP contribution in [0.1, 0.15) is 31.2 Å². The number of rotatable bonds is 5. The zero-order valence-corrected chi connectivity index (χ0v) is 10.9. The van der Waals surface area contributed by atoms with Gasteiger partial charge in [0.15, 0.2) is 15.1 Å². The summed E-state index contributed by atoms with van der Waals surface area (Å²) in [5, 5.41) is 7.17. The van der Waals surface area contributed by atoms with Crippen LogP contribution >= 0.6 is 0 Å². The Morgan fingerprint density at radius 3 is 2.50 bits per heavy atom. The molecule has 0 aliphatic heterocycles. The number of sulfone groups is 1. The summed E-state index contributed by atoms with van der Waals surface area (Å²) in [6.07, 6.45) is 0.659. The van der Waals surface area contributed by atoms with Gasteiger partial charge in [-0.3, -0.25) is 4.79 Å². The summed E-state index contributed by atoms with van der Waals surface area (Å²) >= 11 is 0. The van der Waals surface area contributed by atoms with E-state index in [1.807, 2.05) is 30.3 Å². The molecule has 0 aromatic heterocycles. The number of hydrogen-bond acceptors (Lipinski definition) is 3. The van der Waals surface area contributed by atoms with E-state index in [4.69, 9.17) is 5.11 Å². The van der Waals surface area contributed by atoms with E-state index in [-0.39, 0.29) is 12.3 Å². The molecule has 2 rings (SSSR count). The van der Waals surface area contributed by atoms with Gasteiger partial charge >= 0.3 is 5.97 Å². The zero-order chi connectivity index (χ0) is 13.3. The average Bonchev–Trinajstić information content (AvgIpc) is 3.10. The third-order valence-corrected chi connectivity index (χ3v) is 6.12. The van der Waals surface area contributed by atoms with Crippen LogP contribution in [0, 0.1) is 0 Å². The van der Waals surface area contributed by atoms with Gasteiger partial charge in [0.2, 0.25) is 0 Å². The second-order valence-electron chi connectivity index (χ2n) is 4.62. The van der Waals surface area contributed by atoms with Crippen molar-refractivity contribution < 1.29 is 18.3 Å². The highest BCUT2D eigenvalue weighted by Gasteiger charge is 2.52. The standard InChI is InChI=1S/C13H16O4S/c1-2-11(13(14)15)18(16,17)12-8-10(12)9-6-4-3-5-7-9/h3-7,10-12H,2,8H2,1H3,(H,14,15). The molecule has 1 fully saturated rings. The van der Waals surface area contributed by atoms with Gasteiger partial charge in [-0.05, 0) is 18.4 Å². The van der Waals surface area contributed by atoms with Gasteiger partial charge in [-0.1, -0.05) is 37.3 Å². The van der Waals surface area contributed by atoms with Gasteiger partial charge in [0.25, 0.3) is 0 Å². The molecular weight excluding hydrogens is 252 g/mol. The lowest BCUT2D eigenvalue weighted by Gasteiger charge is -2.11. The molecule has 1 aromatic carbocycles. The quantitative estimate of drug-likeness (QED) is 0.884. The summed E-state index contributed by atoms with van der Waals surface area (Å²) in [7, 11) is -3.57. The molecule has 0 radical (unpaired) electrons. The fraction of sp³-hybridized carbons (Fsp3) is 0.462. The van der Waals surface area contributed by atoms with E-state index >= 15 is 0 Å². The smallest absolute Gasteiger partial charge is 0.321 e. The minimum atomic E-state index is -3.57. The molecular formula is C13H16O4S. The molecule has 3 atom stereocenters. The van der Waals surface area contributed by atoms with Gasteiger partial charge in [0.1, 0.15) is 0 Å². The molecule has 3 unspecified atom stereocenters. The van der Waals surface area contributed by atoms with Crippen molar-refractivity contribution in [3.05, 3.63) is 35.9 Å². The van der Waals surface area contributed by atoms with Crippen molar-refractivity contribution >= 4 is 15.8 Å². The monoisotopic (exact) mass is 268 g/mol. The summed E-state index contributed by atoms with van der Waals surface area (Å²) in [4.78, 5) is 11.0. The van der Waals surface area contributed by atoms with Crippen LogP contribution in [-0.2, 0) is 14.6 Å². The molecule has 1 N–H and O–H groups in total.